The second-order valence-electron chi connectivity index (χ2n) is 7.02. The summed E-state index contributed by atoms with van der Waals surface area (Å²) in [4.78, 5) is 25.4. The molecule has 0 saturated carbocycles. The van der Waals surface area contributed by atoms with E-state index in [0.717, 1.165) is 24.1 Å². The molecule has 1 amide bonds. The van der Waals surface area contributed by atoms with E-state index >= 15 is 0 Å². The van der Waals surface area contributed by atoms with Gasteiger partial charge >= 0.3 is 5.97 Å². The minimum Gasteiger partial charge on any atom is -0.482 e. The Morgan fingerprint density at radius 3 is 2.46 bits per heavy atom. The van der Waals surface area contributed by atoms with E-state index in [9.17, 15) is 9.59 Å². The van der Waals surface area contributed by atoms with E-state index in [1.165, 1.54) is 5.56 Å². The molecule has 0 aromatic heterocycles. The molecule has 1 fully saturated rings. The highest BCUT2D eigenvalue weighted by Crippen LogP contribution is 2.35. The fourth-order valence-corrected chi connectivity index (χ4v) is 3.41. The standard InChI is InChI=1S/C22H25NO5/c1-15-5-7-16(8-6-15)21-19(4-3-13-27-21)22(26)23(2)17-9-11-18(12-10-17)28-14-20(24)25/h5-12,19,21H,3-4,13-14H2,1-2H3,(H,24,25). The molecule has 1 saturated heterocycles. The Morgan fingerprint density at radius 2 is 1.82 bits per heavy atom. The number of carboxylic acid groups (broad SMARTS) is 1. The topological polar surface area (TPSA) is 76.1 Å². The van der Waals surface area contributed by atoms with Crippen molar-refractivity contribution < 1.29 is 24.2 Å². The van der Waals surface area contributed by atoms with Crippen molar-refractivity contribution in [1.82, 2.24) is 0 Å². The molecule has 2 unspecified atom stereocenters. The lowest BCUT2D eigenvalue weighted by Crippen LogP contribution is -2.38. The van der Waals surface area contributed by atoms with Gasteiger partial charge in [-0.15, -0.1) is 0 Å². The van der Waals surface area contributed by atoms with E-state index in [4.69, 9.17) is 14.6 Å². The number of hydrogen-bond acceptors (Lipinski definition) is 4. The third-order valence-corrected chi connectivity index (χ3v) is 4.96. The van der Waals surface area contributed by atoms with Crippen molar-refractivity contribution in [1.29, 1.82) is 0 Å². The smallest absolute Gasteiger partial charge is 0.341 e. The van der Waals surface area contributed by atoms with Crippen LogP contribution >= 0.6 is 0 Å². The zero-order chi connectivity index (χ0) is 20.1. The van der Waals surface area contributed by atoms with Crippen LogP contribution in [0.25, 0.3) is 0 Å². The molecule has 3 rings (SSSR count). The molecule has 148 valence electrons. The number of carbonyl (C=O) groups is 2. The van der Waals surface area contributed by atoms with Crippen molar-refractivity contribution in [3.05, 3.63) is 59.7 Å². The Bertz CT molecular complexity index is 816. The number of rotatable bonds is 6. The molecule has 0 radical (unpaired) electrons. The molecule has 6 heteroatoms. The normalized spacial score (nSPS) is 19.1. The van der Waals surface area contributed by atoms with Crippen LogP contribution in [0, 0.1) is 12.8 Å². The molecule has 2 aromatic rings. The first-order valence-electron chi connectivity index (χ1n) is 9.36. The van der Waals surface area contributed by atoms with Crippen LogP contribution in [0.2, 0.25) is 0 Å². The molecule has 28 heavy (non-hydrogen) atoms. The lowest BCUT2D eigenvalue weighted by Gasteiger charge is -2.34. The van der Waals surface area contributed by atoms with Gasteiger partial charge in [0.25, 0.3) is 0 Å². The number of nitrogens with zero attached hydrogens (tertiary/aromatic N) is 1. The van der Waals surface area contributed by atoms with Crippen LogP contribution in [0.15, 0.2) is 48.5 Å². The summed E-state index contributed by atoms with van der Waals surface area (Å²) >= 11 is 0. The second-order valence-corrected chi connectivity index (χ2v) is 7.02. The van der Waals surface area contributed by atoms with E-state index in [2.05, 4.69) is 0 Å². The van der Waals surface area contributed by atoms with Crippen molar-refractivity contribution in [2.24, 2.45) is 5.92 Å². The predicted molar refractivity (Wildman–Crippen MR) is 106 cm³/mol. The lowest BCUT2D eigenvalue weighted by molar-refractivity contribution is -0.139. The molecular weight excluding hydrogens is 358 g/mol. The van der Waals surface area contributed by atoms with Crippen molar-refractivity contribution in [3.8, 4) is 5.75 Å². The maximum absolute atomic E-state index is 13.2. The molecule has 2 atom stereocenters. The summed E-state index contributed by atoms with van der Waals surface area (Å²) in [6.45, 7) is 2.29. The average molecular weight is 383 g/mol. The summed E-state index contributed by atoms with van der Waals surface area (Å²) in [6.07, 6.45) is 1.39. The van der Waals surface area contributed by atoms with Crippen LogP contribution in [0.5, 0.6) is 5.75 Å². The first kappa shape index (κ1) is 19.9. The van der Waals surface area contributed by atoms with E-state index in [-0.39, 0.29) is 17.9 Å². The van der Waals surface area contributed by atoms with E-state index in [1.807, 2.05) is 31.2 Å². The van der Waals surface area contributed by atoms with Gasteiger partial charge in [-0.2, -0.15) is 0 Å². The van der Waals surface area contributed by atoms with E-state index in [0.29, 0.717) is 12.4 Å². The number of ether oxygens (including phenoxy) is 2. The van der Waals surface area contributed by atoms with Crippen LogP contribution in [0.1, 0.15) is 30.1 Å². The van der Waals surface area contributed by atoms with Gasteiger partial charge in [0.1, 0.15) is 5.75 Å². The summed E-state index contributed by atoms with van der Waals surface area (Å²) < 4.78 is 11.1. The first-order chi connectivity index (χ1) is 13.5. The zero-order valence-corrected chi connectivity index (χ0v) is 16.1. The number of aliphatic carboxylic acids is 1. The molecule has 1 heterocycles. The molecule has 0 spiro atoms. The van der Waals surface area contributed by atoms with Crippen LogP contribution in [0.3, 0.4) is 0 Å². The summed E-state index contributed by atoms with van der Waals surface area (Å²) in [6, 6.07) is 15.0. The quantitative estimate of drug-likeness (QED) is 0.825. The van der Waals surface area contributed by atoms with Crippen LogP contribution in [0.4, 0.5) is 5.69 Å². The van der Waals surface area contributed by atoms with Crippen molar-refractivity contribution in [3.63, 3.8) is 0 Å². The van der Waals surface area contributed by atoms with E-state index < -0.39 is 12.6 Å². The van der Waals surface area contributed by atoms with Gasteiger partial charge in [-0.25, -0.2) is 4.79 Å². The van der Waals surface area contributed by atoms with Crippen molar-refractivity contribution in [2.45, 2.75) is 25.9 Å². The number of anilines is 1. The molecule has 2 aromatic carbocycles. The number of aryl methyl sites for hydroxylation is 1. The summed E-state index contributed by atoms with van der Waals surface area (Å²) in [7, 11) is 1.75. The third kappa shape index (κ3) is 4.70. The van der Waals surface area contributed by atoms with Crippen molar-refractivity contribution >= 4 is 17.6 Å². The highest BCUT2D eigenvalue weighted by atomic mass is 16.5. The maximum Gasteiger partial charge on any atom is 0.341 e. The number of carboxylic acids is 1. The summed E-state index contributed by atoms with van der Waals surface area (Å²) in [5.41, 5.74) is 2.92. The van der Waals surface area contributed by atoms with Gasteiger partial charge in [-0.05, 0) is 49.6 Å². The largest absolute Gasteiger partial charge is 0.482 e. The first-order valence-corrected chi connectivity index (χ1v) is 9.36. The molecule has 1 aliphatic rings. The number of benzene rings is 2. The number of amides is 1. The second kappa shape index (κ2) is 8.89. The monoisotopic (exact) mass is 383 g/mol. The lowest BCUT2D eigenvalue weighted by atomic mass is 9.88. The van der Waals surface area contributed by atoms with Gasteiger partial charge in [0, 0.05) is 19.3 Å². The van der Waals surface area contributed by atoms with Gasteiger partial charge in [0.05, 0.1) is 12.0 Å². The zero-order valence-electron chi connectivity index (χ0n) is 16.1. The predicted octanol–water partition coefficient (Wildman–Crippen LogP) is 3.59. The Labute approximate surface area is 164 Å². The average Bonchev–Trinajstić information content (AvgIpc) is 2.72. The highest BCUT2D eigenvalue weighted by molar-refractivity contribution is 5.95. The third-order valence-electron chi connectivity index (χ3n) is 4.96. The minimum atomic E-state index is -1.03. The summed E-state index contributed by atoms with van der Waals surface area (Å²) in [5, 5.41) is 8.68. The molecule has 0 aliphatic carbocycles. The molecular formula is C22H25NO5. The van der Waals surface area contributed by atoms with Gasteiger partial charge in [-0.1, -0.05) is 29.8 Å². The minimum absolute atomic E-state index is 0.00415. The summed E-state index contributed by atoms with van der Waals surface area (Å²) in [5.74, 6) is -0.824. The van der Waals surface area contributed by atoms with Gasteiger partial charge in [0.2, 0.25) is 5.91 Å². The number of hydrogen-bond donors (Lipinski definition) is 1. The molecule has 1 N–H and O–H groups in total. The van der Waals surface area contributed by atoms with Crippen LogP contribution < -0.4 is 9.64 Å². The van der Waals surface area contributed by atoms with Gasteiger partial charge in [0.15, 0.2) is 6.61 Å². The van der Waals surface area contributed by atoms with Crippen LogP contribution in [-0.2, 0) is 14.3 Å². The number of carbonyl (C=O) groups excluding carboxylic acids is 1. The van der Waals surface area contributed by atoms with Crippen molar-refractivity contribution in [2.75, 3.05) is 25.2 Å². The maximum atomic E-state index is 13.2. The van der Waals surface area contributed by atoms with Gasteiger partial charge in [-0.3, -0.25) is 4.79 Å². The Balaban J connectivity index is 1.73. The molecule has 6 nitrogen and oxygen atoms in total. The Kier molecular flexibility index (Phi) is 6.31. The van der Waals surface area contributed by atoms with Gasteiger partial charge < -0.3 is 19.5 Å². The Morgan fingerprint density at radius 1 is 1.14 bits per heavy atom. The SMILES string of the molecule is Cc1ccc(C2OCCCC2C(=O)N(C)c2ccc(OCC(=O)O)cc2)cc1. The Hall–Kier alpha value is -2.86. The fraction of sp³-hybridized carbons (Fsp3) is 0.364. The molecule has 1 aliphatic heterocycles. The van der Waals surface area contributed by atoms with E-state index in [1.54, 1.807) is 36.2 Å². The fourth-order valence-electron chi connectivity index (χ4n) is 3.41. The highest BCUT2D eigenvalue weighted by Gasteiger charge is 2.35. The molecule has 0 bridgehead atoms. The van der Waals surface area contributed by atoms with Crippen LogP contribution in [-0.4, -0.2) is 37.2 Å².